The van der Waals surface area contributed by atoms with Gasteiger partial charge in [0.1, 0.15) is 0 Å². The average Bonchev–Trinajstić information content (AvgIpc) is 3.06. The first kappa shape index (κ1) is 20.1. The zero-order valence-corrected chi connectivity index (χ0v) is 16.1. The van der Waals surface area contributed by atoms with E-state index in [4.69, 9.17) is 5.73 Å². The molecule has 1 amide bonds. The Hall–Kier alpha value is -0.950. The van der Waals surface area contributed by atoms with Crippen LogP contribution in [0.3, 0.4) is 0 Å². The fourth-order valence-electron chi connectivity index (χ4n) is 2.18. The average molecular weight is 374 g/mol. The number of halogens is 1. The number of hydrogen-bond acceptors (Lipinski definition) is 5. The molecule has 2 aromatic heterocycles. The lowest BCUT2D eigenvalue weighted by Gasteiger charge is -2.13. The highest BCUT2D eigenvalue weighted by molar-refractivity contribution is 7.16. The van der Waals surface area contributed by atoms with Gasteiger partial charge >= 0.3 is 0 Å². The van der Waals surface area contributed by atoms with Gasteiger partial charge in [0.15, 0.2) is 0 Å². The molecule has 2 aromatic rings. The zero-order chi connectivity index (χ0) is 16.1. The second-order valence-corrected chi connectivity index (χ2v) is 8.03. The molecule has 0 aliphatic heterocycles. The summed E-state index contributed by atoms with van der Waals surface area (Å²) in [5, 5.41) is 6.08. The van der Waals surface area contributed by atoms with Crippen molar-refractivity contribution in [3.8, 4) is 10.6 Å². The Morgan fingerprint density at radius 3 is 2.74 bits per heavy atom. The normalized spacial score (nSPS) is 12.0. The highest BCUT2D eigenvalue weighted by atomic mass is 35.5. The van der Waals surface area contributed by atoms with E-state index in [0.29, 0.717) is 12.5 Å². The maximum Gasteiger partial charge on any atom is 0.236 e. The number of aryl methyl sites for hydroxylation is 1. The fourth-order valence-corrected chi connectivity index (χ4v) is 3.84. The molecule has 128 valence electrons. The third-order valence-electron chi connectivity index (χ3n) is 3.27. The molecule has 0 bridgehead atoms. The Morgan fingerprint density at radius 2 is 2.13 bits per heavy atom. The van der Waals surface area contributed by atoms with E-state index in [0.717, 1.165) is 23.5 Å². The van der Waals surface area contributed by atoms with Crippen LogP contribution in [0.25, 0.3) is 10.6 Å². The van der Waals surface area contributed by atoms with E-state index in [9.17, 15) is 4.79 Å². The summed E-state index contributed by atoms with van der Waals surface area (Å²) in [6.07, 6.45) is 1.55. The van der Waals surface area contributed by atoms with Gasteiger partial charge in [-0.1, -0.05) is 13.8 Å². The van der Waals surface area contributed by atoms with E-state index in [2.05, 4.69) is 41.7 Å². The summed E-state index contributed by atoms with van der Waals surface area (Å²) in [5.41, 5.74) is 6.91. The van der Waals surface area contributed by atoms with Gasteiger partial charge in [0, 0.05) is 16.8 Å². The number of nitrogens with zero attached hydrogens (tertiary/aromatic N) is 1. The summed E-state index contributed by atoms with van der Waals surface area (Å²) in [7, 11) is 0. The zero-order valence-electron chi connectivity index (χ0n) is 13.7. The quantitative estimate of drug-likeness (QED) is 0.778. The maximum atomic E-state index is 11.9. The lowest BCUT2D eigenvalue weighted by Crippen LogP contribution is -2.42. The van der Waals surface area contributed by atoms with Crippen LogP contribution in [0, 0.1) is 12.8 Å². The Balaban J connectivity index is 0.00000264. The van der Waals surface area contributed by atoms with E-state index < -0.39 is 6.04 Å². The summed E-state index contributed by atoms with van der Waals surface area (Å²) in [4.78, 5) is 18.8. The molecule has 0 fully saturated rings. The van der Waals surface area contributed by atoms with Crippen molar-refractivity contribution in [3.05, 3.63) is 27.4 Å². The molecule has 2 rings (SSSR count). The molecular formula is C16H24ClN3OS2. The van der Waals surface area contributed by atoms with Crippen molar-refractivity contribution in [2.45, 2.75) is 39.7 Å². The number of nitrogens with two attached hydrogens (primary N) is 1. The number of amides is 1. The minimum atomic E-state index is -0.406. The largest absolute Gasteiger partial charge is 0.354 e. The van der Waals surface area contributed by atoms with Crippen LogP contribution in [0.15, 0.2) is 17.5 Å². The molecule has 0 spiro atoms. The monoisotopic (exact) mass is 373 g/mol. The highest BCUT2D eigenvalue weighted by Gasteiger charge is 2.14. The molecule has 0 saturated carbocycles. The highest BCUT2D eigenvalue weighted by Crippen LogP contribution is 2.29. The number of aromatic nitrogens is 1. The Kier molecular flexibility index (Phi) is 8.19. The number of carbonyl (C=O) groups excluding carboxylic acids is 1. The molecule has 0 aromatic carbocycles. The van der Waals surface area contributed by atoms with Crippen LogP contribution in [0.5, 0.6) is 0 Å². The van der Waals surface area contributed by atoms with E-state index in [1.54, 1.807) is 22.7 Å². The first-order valence-corrected chi connectivity index (χ1v) is 9.20. The van der Waals surface area contributed by atoms with Crippen molar-refractivity contribution in [3.63, 3.8) is 0 Å². The van der Waals surface area contributed by atoms with Crippen LogP contribution < -0.4 is 11.1 Å². The summed E-state index contributed by atoms with van der Waals surface area (Å²) < 4.78 is 0. The van der Waals surface area contributed by atoms with Crippen LogP contribution in [0.4, 0.5) is 0 Å². The standard InChI is InChI=1S/C16H23N3OS2.ClH/c1-10(2)8-13(17)16(20)18-7-6-12-4-5-15(22-12)14-9-21-11(3)19-14;/h4-5,9-10,13H,6-8,17H2,1-3H3,(H,18,20);1H/t13-;/m0./s1. The molecule has 0 aliphatic rings. The van der Waals surface area contributed by atoms with E-state index >= 15 is 0 Å². The smallest absolute Gasteiger partial charge is 0.236 e. The molecule has 0 unspecified atom stereocenters. The van der Waals surface area contributed by atoms with E-state index in [1.807, 2.05) is 6.92 Å². The first-order chi connectivity index (χ1) is 10.5. The number of thiazole rings is 1. The molecule has 0 aliphatic carbocycles. The summed E-state index contributed by atoms with van der Waals surface area (Å²) >= 11 is 3.39. The van der Waals surface area contributed by atoms with Crippen LogP contribution >= 0.6 is 35.1 Å². The first-order valence-electron chi connectivity index (χ1n) is 7.50. The van der Waals surface area contributed by atoms with Gasteiger partial charge in [-0.3, -0.25) is 4.79 Å². The molecule has 0 saturated heterocycles. The number of hydrogen-bond donors (Lipinski definition) is 2. The molecule has 3 N–H and O–H groups in total. The predicted octanol–water partition coefficient (Wildman–Crippen LogP) is 3.63. The predicted molar refractivity (Wildman–Crippen MR) is 102 cm³/mol. The SMILES string of the molecule is Cc1nc(-c2ccc(CCNC(=O)[C@@H](N)CC(C)C)s2)cs1.Cl. The maximum absolute atomic E-state index is 11.9. The van der Waals surface area contributed by atoms with Gasteiger partial charge < -0.3 is 11.1 Å². The Labute approximate surface area is 151 Å². The topological polar surface area (TPSA) is 68.0 Å². The van der Waals surface area contributed by atoms with Gasteiger partial charge in [0.2, 0.25) is 5.91 Å². The Morgan fingerprint density at radius 1 is 1.39 bits per heavy atom. The van der Waals surface area contributed by atoms with Crippen LogP contribution in [0.2, 0.25) is 0 Å². The molecule has 1 atom stereocenters. The van der Waals surface area contributed by atoms with Gasteiger partial charge in [0.25, 0.3) is 0 Å². The van der Waals surface area contributed by atoms with Gasteiger partial charge in [-0.2, -0.15) is 0 Å². The van der Waals surface area contributed by atoms with Crippen molar-refractivity contribution >= 4 is 41.0 Å². The number of nitrogens with one attached hydrogen (secondary N) is 1. The fraction of sp³-hybridized carbons (Fsp3) is 0.500. The molecule has 23 heavy (non-hydrogen) atoms. The molecular weight excluding hydrogens is 350 g/mol. The van der Waals surface area contributed by atoms with Crippen molar-refractivity contribution in [1.29, 1.82) is 0 Å². The molecule has 4 nitrogen and oxygen atoms in total. The van der Waals surface area contributed by atoms with E-state index in [1.165, 1.54) is 9.75 Å². The van der Waals surface area contributed by atoms with Crippen LogP contribution in [-0.2, 0) is 11.2 Å². The van der Waals surface area contributed by atoms with Gasteiger partial charge in [-0.05, 0) is 37.8 Å². The third kappa shape index (κ3) is 6.22. The van der Waals surface area contributed by atoms with Gasteiger partial charge in [0.05, 0.1) is 21.6 Å². The lowest BCUT2D eigenvalue weighted by molar-refractivity contribution is -0.122. The second kappa shape index (κ2) is 9.37. The van der Waals surface area contributed by atoms with Gasteiger partial charge in [-0.25, -0.2) is 4.98 Å². The summed E-state index contributed by atoms with van der Waals surface area (Å²) in [6, 6.07) is 3.80. The molecule has 0 radical (unpaired) electrons. The van der Waals surface area contributed by atoms with Crippen LogP contribution in [0.1, 0.15) is 30.2 Å². The van der Waals surface area contributed by atoms with Crippen molar-refractivity contribution in [2.24, 2.45) is 11.7 Å². The minimum Gasteiger partial charge on any atom is -0.354 e. The van der Waals surface area contributed by atoms with Crippen molar-refractivity contribution in [2.75, 3.05) is 6.54 Å². The van der Waals surface area contributed by atoms with Crippen molar-refractivity contribution in [1.82, 2.24) is 10.3 Å². The Bertz CT molecular complexity index is 624. The molecule has 7 heteroatoms. The second-order valence-electron chi connectivity index (χ2n) is 5.79. The van der Waals surface area contributed by atoms with Gasteiger partial charge in [-0.15, -0.1) is 35.1 Å². The van der Waals surface area contributed by atoms with Crippen molar-refractivity contribution < 1.29 is 4.79 Å². The lowest BCUT2D eigenvalue weighted by atomic mass is 10.0. The third-order valence-corrected chi connectivity index (χ3v) is 5.21. The minimum absolute atomic E-state index is 0. The number of carbonyl (C=O) groups is 1. The molecule has 2 heterocycles. The summed E-state index contributed by atoms with van der Waals surface area (Å²) in [6.45, 7) is 6.78. The van der Waals surface area contributed by atoms with E-state index in [-0.39, 0.29) is 18.3 Å². The van der Waals surface area contributed by atoms with Crippen LogP contribution in [-0.4, -0.2) is 23.5 Å². The number of thiophene rings is 1. The summed E-state index contributed by atoms with van der Waals surface area (Å²) in [5.74, 6) is 0.378. The number of rotatable bonds is 7.